The van der Waals surface area contributed by atoms with Gasteiger partial charge in [0.2, 0.25) is 0 Å². The van der Waals surface area contributed by atoms with E-state index in [0.717, 1.165) is 0 Å². The van der Waals surface area contributed by atoms with Crippen LogP contribution in [0.4, 0.5) is 0 Å². The molecule has 0 N–H and O–H groups in total. The van der Waals surface area contributed by atoms with Crippen molar-refractivity contribution in [2.75, 3.05) is 14.2 Å². The number of ether oxygens (including phenoxy) is 3. The fourth-order valence-corrected chi connectivity index (χ4v) is 1.75. The van der Waals surface area contributed by atoms with Crippen molar-refractivity contribution in [3.05, 3.63) is 60.6 Å². The molecule has 1 aromatic heterocycles. The number of rotatable bonds is 5. The highest BCUT2D eigenvalue weighted by Gasteiger charge is 2.18. The second kappa shape index (κ2) is 7.09. The molecular weight excluding hydrogens is 270 g/mol. The molecule has 0 spiro atoms. The summed E-state index contributed by atoms with van der Waals surface area (Å²) in [5, 5.41) is 0. The van der Waals surface area contributed by atoms with Crippen LogP contribution in [0.5, 0.6) is 11.5 Å². The summed E-state index contributed by atoms with van der Waals surface area (Å²) in [4.78, 5) is 15.9. The van der Waals surface area contributed by atoms with E-state index >= 15 is 0 Å². The summed E-state index contributed by atoms with van der Waals surface area (Å²) < 4.78 is 15.5. The van der Waals surface area contributed by atoms with Crippen LogP contribution in [0.3, 0.4) is 0 Å². The number of nitrogens with zero attached hydrogens (tertiary/aromatic N) is 1. The third-order valence-electron chi connectivity index (χ3n) is 2.69. The molecule has 0 saturated carbocycles. The van der Waals surface area contributed by atoms with E-state index in [9.17, 15) is 4.79 Å². The Hall–Kier alpha value is -2.82. The van der Waals surface area contributed by atoms with Crippen LogP contribution in [0.1, 0.15) is 5.56 Å². The van der Waals surface area contributed by atoms with Crippen molar-refractivity contribution in [3.63, 3.8) is 0 Å². The number of methoxy groups -OCH3 is 2. The summed E-state index contributed by atoms with van der Waals surface area (Å²) in [6.45, 7) is 0. The lowest BCUT2D eigenvalue weighted by atomic mass is 10.1. The van der Waals surface area contributed by atoms with Crippen LogP contribution in [0.2, 0.25) is 0 Å². The Kier molecular flexibility index (Phi) is 4.93. The molecule has 0 atom stereocenters. The zero-order valence-corrected chi connectivity index (χ0v) is 11.8. The smallest absolute Gasteiger partial charge is 0.341 e. The van der Waals surface area contributed by atoms with E-state index in [1.165, 1.54) is 26.7 Å². The second-order valence-corrected chi connectivity index (χ2v) is 4.05. The van der Waals surface area contributed by atoms with Gasteiger partial charge >= 0.3 is 5.97 Å². The van der Waals surface area contributed by atoms with Crippen molar-refractivity contribution in [1.29, 1.82) is 0 Å². The zero-order valence-electron chi connectivity index (χ0n) is 11.8. The van der Waals surface area contributed by atoms with Gasteiger partial charge in [-0.3, -0.25) is 4.98 Å². The molecule has 0 radical (unpaired) electrons. The number of carbonyl (C=O) groups excluding carboxylic acids is 1. The van der Waals surface area contributed by atoms with Crippen molar-refractivity contribution in [2.24, 2.45) is 0 Å². The molecule has 0 fully saturated rings. The Morgan fingerprint density at radius 2 is 1.90 bits per heavy atom. The molecular formula is C16H15NO4. The minimum absolute atomic E-state index is 0.258. The molecule has 5 nitrogen and oxygen atoms in total. The first-order chi connectivity index (χ1) is 10.3. The number of benzene rings is 1. The van der Waals surface area contributed by atoms with Crippen molar-refractivity contribution < 1.29 is 19.0 Å². The van der Waals surface area contributed by atoms with Gasteiger partial charge in [0.05, 0.1) is 26.7 Å². The minimum Gasteiger partial charge on any atom is -0.503 e. The lowest BCUT2D eigenvalue weighted by molar-refractivity contribution is -0.133. The Morgan fingerprint density at radius 3 is 2.57 bits per heavy atom. The van der Waals surface area contributed by atoms with E-state index in [2.05, 4.69) is 4.98 Å². The van der Waals surface area contributed by atoms with Gasteiger partial charge in [-0.25, -0.2) is 4.79 Å². The van der Waals surface area contributed by atoms with Crippen LogP contribution in [-0.2, 0) is 14.3 Å². The predicted molar refractivity (Wildman–Crippen MR) is 77.8 cm³/mol. The van der Waals surface area contributed by atoms with Crippen LogP contribution in [0, 0.1) is 0 Å². The molecule has 21 heavy (non-hydrogen) atoms. The lowest BCUT2D eigenvalue weighted by Gasteiger charge is -2.12. The normalized spacial score (nSPS) is 10.9. The molecule has 2 aromatic rings. The average molecular weight is 285 g/mol. The van der Waals surface area contributed by atoms with Crippen molar-refractivity contribution in [3.8, 4) is 11.5 Å². The van der Waals surface area contributed by atoms with Gasteiger partial charge in [0, 0.05) is 11.8 Å². The van der Waals surface area contributed by atoms with Gasteiger partial charge in [0.1, 0.15) is 11.3 Å². The molecule has 0 unspecified atom stereocenters. The molecule has 1 aromatic carbocycles. The first-order valence-electron chi connectivity index (χ1n) is 6.25. The SMILES string of the molecule is CO/C=C(/C(=O)OC)c1ccncc1Oc1ccccc1. The van der Waals surface area contributed by atoms with Gasteiger partial charge in [-0.15, -0.1) is 0 Å². The van der Waals surface area contributed by atoms with Crippen LogP contribution >= 0.6 is 0 Å². The van der Waals surface area contributed by atoms with Gasteiger partial charge in [0.15, 0.2) is 5.75 Å². The molecule has 5 heteroatoms. The van der Waals surface area contributed by atoms with Crippen molar-refractivity contribution >= 4 is 11.5 Å². The maximum Gasteiger partial charge on any atom is 0.341 e. The fourth-order valence-electron chi connectivity index (χ4n) is 1.75. The van der Waals surface area contributed by atoms with E-state index in [-0.39, 0.29) is 5.57 Å². The molecule has 2 rings (SSSR count). The summed E-state index contributed by atoms with van der Waals surface area (Å²) in [6.07, 6.45) is 4.42. The van der Waals surface area contributed by atoms with Crippen molar-refractivity contribution in [2.45, 2.75) is 0 Å². The Labute approximate surface area is 122 Å². The van der Waals surface area contributed by atoms with Gasteiger partial charge in [-0.2, -0.15) is 0 Å². The number of aromatic nitrogens is 1. The first kappa shape index (κ1) is 14.6. The highest BCUT2D eigenvalue weighted by molar-refractivity contribution is 6.16. The van der Waals surface area contributed by atoms with Crippen LogP contribution in [0.25, 0.3) is 5.57 Å². The molecule has 0 aliphatic heterocycles. The number of carbonyl (C=O) groups is 1. The third kappa shape index (κ3) is 3.60. The highest BCUT2D eigenvalue weighted by atomic mass is 16.5. The largest absolute Gasteiger partial charge is 0.503 e. The highest BCUT2D eigenvalue weighted by Crippen LogP contribution is 2.30. The molecule has 108 valence electrons. The Balaban J connectivity index is 2.40. The van der Waals surface area contributed by atoms with Crippen LogP contribution < -0.4 is 4.74 Å². The standard InChI is InChI=1S/C16H15NO4/c1-19-11-14(16(18)20-2)13-8-9-17-10-15(13)21-12-6-4-3-5-7-12/h3-11H,1-2H3/b14-11+. The van der Waals surface area contributed by atoms with Gasteiger partial charge in [-0.05, 0) is 18.2 Å². The monoisotopic (exact) mass is 285 g/mol. The number of esters is 1. The maximum absolute atomic E-state index is 11.9. The molecule has 1 heterocycles. The zero-order chi connectivity index (χ0) is 15.1. The molecule has 0 aliphatic rings. The van der Waals surface area contributed by atoms with E-state index in [4.69, 9.17) is 14.2 Å². The van der Waals surface area contributed by atoms with Gasteiger partial charge in [-0.1, -0.05) is 18.2 Å². The summed E-state index contributed by atoms with van der Waals surface area (Å²) in [5.74, 6) is 0.576. The summed E-state index contributed by atoms with van der Waals surface area (Å²) in [5.41, 5.74) is 0.802. The fraction of sp³-hybridized carbons (Fsp3) is 0.125. The minimum atomic E-state index is -0.513. The Morgan fingerprint density at radius 1 is 1.14 bits per heavy atom. The number of pyridine rings is 1. The number of para-hydroxylation sites is 1. The first-order valence-corrected chi connectivity index (χ1v) is 6.25. The topological polar surface area (TPSA) is 57.7 Å². The van der Waals surface area contributed by atoms with E-state index < -0.39 is 5.97 Å². The third-order valence-corrected chi connectivity index (χ3v) is 2.69. The lowest BCUT2D eigenvalue weighted by Crippen LogP contribution is -2.06. The number of hydrogen-bond donors (Lipinski definition) is 0. The predicted octanol–water partition coefficient (Wildman–Crippen LogP) is 3.03. The van der Waals surface area contributed by atoms with E-state index in [0.29, 0.717) is 17.1 Å². The van der Waals surface area contributed by atoms with E-state index in [1.807, 2.05) is 30.3 Å². The summed E-state index contributed by atoms with van der Waals surface area (Å²) in [7, 11) is 2.77. The summed E-state index contributed by atoms with van der Waals surface area (Å²) >= 11 is 0. The van der Waals surface area contributed by atoms with Gasteiger partial charge in [0.25, 0.3) is 0 Å². The van der Waals surface area contributed by atoms with Gasteiger partial charge < -0.3 is 14.2 Å². The number of hydrogen-bond acceptors (Lipinski definition) is 5. The van der Waals surface area contributed by atoms with E-state index in [1.54, 1.807) is 12.3 Å². The van der Waals surface area contributed by atoms with Crippen LogP contribution in [0.15, 0.2) is 55.1 Å². The second-order valence-electron chi connectivity index (χ2n) is 4.05. The average Bonchev–Trinajstić information content (AvgIpc) is 2.54. The van der Waals surface area contributed by atoms with Crippen molar-refractivity contribution in [1.82, 2.24) is 4.98 Å². The summed E-state index contributed by atoms with van der Waals surface area (Å²) in [6, 6.07) is 10.9. The van der Waals surface area contributed by atoms with Crippen LogP contribution in [-0.4, -0.2) is 25.2 Å². The molecule has 0 bridgehead atoms. The molecule has 0 amide bonds. The molecule has 0 saturated heterocycles. The Bertz CT molecular complexity index is 638. The maximum atomic E-state index is 11.9. The molecule has 0 aliphatic carbocycles. The quantitative estimate of drug-likeness (QED) is 0.480.